The number of hydrogen-bond acceptors (Lipinski definition) is 2. The summed E-state index contributed by atoms with van der Waals surface area (Å²) >= 11 is 0. The number of nitrogens with zero attached hydrogens (tertiary/aromatic N) is 3. The van der Waals surface area contributed by atoms with Crippen molar-refractivity contribution in [1.29, 1.82) is 0 Å². The molecule has 0 spiro atoms. The lowest BCUT2D eigenvalue weighted by Crippen LogP contribution is -2.42. The topological polar surface area (TPSA) is 61.6 Å². The van der Waals surface area contributed by atoms with Crippen LogP contribution in [0.1, 0.15) is 20.3 Å². The van der Waals surface area contributed by atoms with E-state index in [9.17, 15) is 10.4 Å². The summed E-state index contributed by atoms with van der Waals surface area (Å²) < 4.78 is 0. The molecule has 1 rings (SSSR count). The molecule has 0 N–H and O–H groups in total. The van der Waals surface area contributed by atoms with Gasteiger partial charge in [0.05, 0.1) is 18.1 Å². The van der Waals surface area contributed by atoms with Crippen LogP contribution in [-0.2, 0) is 5.21 Å². The molecule has 0 amide bonds. The van der Waals surface area contributed by atoms with Crippen LogP contribution < -0.4 is 0 Å². The lowest BCUT2D eigenvalue weighted by molar-refractivity contribution is -0.717. The van der Waals surface area contributed by atoms with Gasteiger partial charge < -0.3 is 5.21 Å². The fourth-order valence-corrected chi connectivity index (χ4v) is 1.82. The number of rotatable bonds is 1. The van der Waals surface area contributed by atoms with Crippen molar-refractivity contribution < 1.29 is 10.2 Å². The van der Waals surface area contributed by atoms with Gasteiger partial charge in [0.2, 0.25) is 0 Å². The molecule has 5 nitrogen and oxygen atoms in total. The average Bonchev–Trinajstić information content (AvgIpc) is 2.01. The van der Waals surface area contributed by atoms with Crippen LogP contribution in [0, 0.1) is 17.0 Å². The Morgan fingerprint density at radius 1 is 1.42 bits per heavy atom. The van der Waals surface area contributed by atoms with Gasteiger partial charge in [0.1, 0.15) is 0 Å². The monoisotopic (exact) mass is 172 g/mol. The molecular formula is C7H14N3O2. The predicted octanol–water partition coefficient (Wildman–Crippen LogP) is 1.19. The Morgan fingerprint density at radius 2 is 1.92 bits per heavy atom. The first kappa shape index (κ1) is 9.09. The second kappa shape index (κ2) is 3.60. The van der Waals surface area contributed by atoms with Gasteiger partial charge in [-0.1, -0.05) is 19.1 Å². The van der Waals surface area contributed by atoms with Crippen LogP contribution in [-0.4, -0.2) is 23.1 Å². The molecule has 1 saturated heterocycles. The summed E-state index contributed by atoms with van der Waals surface area (Å²) in [6.45, 7) is 5.42. The van der Waals surface area contributed by atoms with E-state index in [1.807, 2.05) is 0 Å². The predicted molar refractivity (Wildman–Crippen MR) is 41.3 cm³/mol. The van der Waals surface area contributed by atoms with Gasteiger partial charge in [-0.25, -0.2) is 0 Å². The molecule has 0 aromatic rings. The first-order valence-electron chi connectivity index (χ1n) is 4.19. The highest BCUT2D eigenvalue weighted by atomic mass is 16.6. The summed E-state index contributed by atoms with van der Waals surface area (Å²) in [4.78, 5) is 0.159. The summed E-state index contributed by atoms with van der Waals surface area (Å²) in [6, 6.07) is 0. The van der Waals surface area contributed by atoms with Crippen LogP contribution in [0.4, 0.5) is 0 Å². The van der Waals surface area contributed by atoms with Crippen molar-refractivity contribution >= 4 is 0 Å². The van der Waals surface area contributed by atoms with Gasteiger partial charge >= 0.3 is 0 Å². The van der Waals surface area contributed by atoms with Gasteiger partial charge in [0, 0.05) is 0 Å². The van der Waals surface area contributed by atoms with Crippen molar-refractivity contribution in [3.63, 3.8) is 0 Å². The van der Waals surface area contributed by atoms with Crippen molar-refractivity contribution in [1.82, 2.24) is 5.01 Å². The van der Waals surface area contributed by atoms with Crippen LogP contribution in [0.5, 0.6) is 0 Å². The van der Waals surface area contributed by atoms with E-state index in [0.717, 1.165) is 6.42 Å². The molecule has 0 bridgehead atoms. The van der Waals surface area contributed by atoms with Crippen molar-refractivity contribution in [2.24, 2.45) is 17.1 Å². The summed E-state index contributed by atoms with van der Waals surface area (Å²) in [5.41, 5.74) is 0. The van der Waals surface area contributed by atoms with E-state index in [2.05, 4.69) is 19.1 Å². The van der Waals surface area contributed by atoms with E-state index in [1.165, 1.54) is 5.01 Å². The third-order valence-corrected chi connectivity index (χ3v) is 2.16. The highest BCUT2D eigenvalue weighted by Crippen LogP contribution is 2.20. The Labute approximate surface area is 71.8 Å². The molecule has 12 heavy (non-hydrogen) atoms. The number of hydrazine groups is 1. The molecule has 0 aliphatic carbocycles. The maximum atomic E-state index is 10.8. The molecule has 1 fully saturated rings. The zero-order chi connectivity index (χ0) is 9.14. The molecule has 1 heterocycles. The minimum atomic E-state index is 0.159. The van der Waals surface area contributed by atoms with Crippen LogP contribution in [0.2, 0.25) is 0 Å². The summed E-state index contributed by atoms with van der Waals surface area (Å²) in [5, 5.41) is 24.5. The fourth-order valence-electron chi connectivity index (χ4n) is 1.82. The van der Waals surface area contributed by atoms with Crippen LogP contribution in [0.25, 0.3) is 0 Å². The van der Waals surface area contributed by atoms with Crippen molar-refractivity contribution in [2.45, 2.75) is 20.3 Å². The van der Waals surface area contributed by atoms with Gasteiger partial charge in [-0.15, -0.1) is 5.01 Å². The molecule has 0 saturated carbocycles. The maximum Gasteiger partial charge on any atom is 0.280 e. The molecule has 1 aliphatic heterocycles. The quantitative estimate of drug-likeness (QED) is 0.339. The summed E-state index contributed by atoms with van der Waals surface area (Å²) in [6.07, 6.45) is 1.11. The first-order chi connectivity index (χ1) is 5.63. The Morgan fingerprint density at radius 3 is 2.33 bits per heavy atom. The van der Waals surface area contributed by atoms with Crippen LogP contribution in [0.3, 0.4) is 0 Å². The molecule has 1 aliphatic rings. The Hall–Kier alpha value is -1.00. The molecule has 5 heteroatoms. The molecule has 0 unspecified atom stereocenters. The van der Waals surface area contributed by atoms with E-state index in [1.54, 1.807) is 0 Å². The van der Waals surface area contributed by atoms with E-state index in [4.69, 9.17) is 0 Å². The molecule has 1 radical (unpaired) electrons. The highest BCUT2D eigenvalue weighted by Gasteiger charge is 2.26. The van der Waals surface area contributed by atoms with Gasteiger partial charge in [0.25, 0.3) is 5.28 Å². The third-order valence-electron chi connectivity index (χ3n) is 2.16. The third kappa shape index (κ3) is 1.99. The molecular weight excluding hydrogens is 158 g/mol. The Balaban J connectivity index is 2.55. The van der Waals surface area contributed by atoms with E-state index in [0.29, 0.717) is 24.9 Å². The standard InChI is InChI=1S/C7H14N3O2/c1-6-3-7(2)5-9(4-6)10(12)8-11/h6-7H,3-5H2,1-2H3/b10-8-/t6-,7+. The van der Waals surface area contributed by atoms with Gasteiger partial charge in [-0.05, 0) is 18.3 Å². The van der Waals surface area contributed by atoms with E-state index in [-0.39, 0.29) is 4.97 Å². The Bertz CT molecular complexity index is 173. The second-order valence-corrected chi connectivity index (χ2v) is 3.65. The lowest BCUT2D eigenvalue weighted by Gasteiger charge is -2.30. The molecule has 2 atom stereocenters. The maximum absolute atomic E-state index is 10.8. The van der Waals surface area contributed by atoms with Crippen molar-refractivity contribution in [3.05, 3.63) is 5.21 Å². The second-order valence-electron chi connectivity index (χ2n) is 3.65. The van der Waals surface area contributed by atoms with Gasteiger partial charge in [-0.3, -0.25) is 0 Å². The fraction of sp³-hybridized carbons (Fsp3) is 1.00. The molecule has 0 aromatic carbocycles. The highest BCUT2D eigenvalue weighted by molar-refractivity contribution is 4.69. The van der Waals surface area contributed by atoms with Crippen molar-refractivity contribution in [2.75, 3.05) is 13.1 Å². The van der Waals surface area contributed by atoms with E-state index >= 15 is 0 Å². The largest absolute Gasteiger partial charge is 0.569 e. The first-order valence-corrected chi connectivity index (χ1v) is 4.19. The van der Waals surface area contributed by atoms with Crippen molar-refractivity contribution in [3.8, 4) is 0 Å². The summed E-state index contributed by atoms with van der Waals surface area (Å²) in [5.74, 6) is 0.930. The molecule has 0 aromatic heterocycles. The minimum absolute atomic E-state index is 0.159. The van der Waals surface area contributed by atoms with Gasteiger partial charge in [-0.2, -0.15) is 0 Å². The van der Waals surface area contributed by atoms with Gasteiger partial charge in [0.15, 0.2) is 0 Å². The number of hydrogen-bond donors (Lipinski definition) is 0. The minimum Gasteiger partial charge on any atom is -0.569 e. The average molecular weight is 172 g/mol. The zero-order valence-electron chi connectivity index (χ0n) is 7.43. The molecule has 69 valence electrons. The lowest BCUT2D eigenvalue weighted by atomic mass is 9.93. The number of piperidine rings is 1. The normalized spacial score (nSPS) is 32.2. The van der Waals surface area contributed by atoms with Crippen LogP contribution >= 0.6 is 0 Å². The smallest absolute Gasteiger partial charge is 0.280 e. The Kier molecular flexibility index (Phi) is 2.73. The summed E-state index contributed by atoms with van der Waals surface area (Å²) in [7, 11) is 0. The van der Waals surface area contributed by atoms with Crippen LogP contribution in [0.15, 0.2) is 5.28 Å². The van der Waals surface area contributed by atoms with E-state index < -0.39 is 0 Å². The SMILES string of the molecule is C[C@@H]1C[C@H](C)CN(/[N+]([O-])=N/[O])C1. The zero-order valence-corrected chi connectivity index (χ0v) is 7.43.